The van der Waals surface area contributed by atoms with Crippen LogP contribution in [-0.2, 0) is 14.1 Å². The molecular formula is C18H25BClNO3. The monoisotopic (exact) mass is 349 g/mol. The molecule has 1 heterocycles. The van der Waals surface area contributed by atoms with E-state index in [9.17, 15) is 4.79 Å². The van der Waals surface area contributed by atoms with Crippen molar-refractivity contribution in [2.75, 3.05) is 5.32 Å². The first-order valence-electron chi connectivity index (χ1n) is 8.65. The van der Waals surface area contributed by atoms with E-state index in [1.165, 1.54) is 0 Å². The van der Waals surface area contributed by atoms with E-state index in [1.54, 1.807) is 6.07 Å². The van der Waals surface area contributed by atoms with Crippen molar-refractivity contribution in [1.82, 2.24) is 0 Å². The van der Waals surface area contributed by atoms with Crippen molar-refractivity contribution in [3.63, 3.8) is 0 Å². The minimum Gasteiger partial charge on any atom is -0.399 e. The van der Waals surface area contributed by atoms with Crippen molar-refractivity contribution in [2.45, 2.75) is 64.6 Å². The first-order chi connectivity index (χ1) is 11.2. The van der Waals surface area contributed by atoms with E-state index in [2.05, 4.69) is 5.32 Å². The minimum absolute atomic E-state index is 0.0560. The Balaban J connectivity index is 1.78. The van der Waals surface area contributed by atoms with E-state index in [-0.39, 0.29) is 11.8 Å². The van der Waals surface area contributed by atoms with Crippen molar-refractivity contribution < 1.29 is 14.1 Å². The van der Waals surface area contributed by atoms with Crippen LogP contribution in [0.5, 0.6) is 0 Å². The fourth-order valence-corrected chi connectivity index (χ4v) is 3.35. The summed E-state index contributed by atoms with van der Waals surface area (Å²) < 4.78 is 12.1. The zero-order chi connectivity index (χ0) is 17.5. The standard InChI is InChI=1S/C18H25BClNO3/c1-17(2)18(3,4)24-19(23-17)13-9-10-14(20)15(11-13)21-16(22)12-7-5-6-8-12/h9-12H,5-8H2,1-4H3,(H,21,22). The third kappa shape index (κ3) is 3.35. The highest BCUT2D eigenvalue weighted by Crippen LogP contribution is 2.37. The lowest BCUT2D eigenvalue weighted by atomic mass is 9.79. The second-order valence-electron chi connectivity index (χ2n) is 7.80. The van der Waals surface area contributed by atoms with E-state index >= 15 is 0 Å². The summed E-state index contributed by atoms with van der Waals surface area (Å²) in [6.45, 7) is 8.08. The number of benzene rings is 1. The van der Waals surface area contributed by atoms with Crippen molar-refractivity contribution in [1.29, 1.82) is 0 Å². The minimum atomic E-state index is -0.464. The van der Waals surface area contributed by atoms with Crippen LogP contribution in [0.3, 0.4) is 0 Å². The molecule has 4 nitrogen and oxygen atoms in total. The van der Waals surface area contributed by atoms with Gasteiger partial charge in [0.25, 0.3) is 0 Å². The van der Waals surface area contributed by atoms with Gasteiger partial charge in [-0.1, -0.05) is 30.5 Å². The molecule has 1 saturated carbocycles. The lowest BCUT2D eigenvalue weighted by molar-refractivity contribution is -0.119. The van der Waals surface area contributed by atoms with Gasteiger partial charge in [0, 0.05) is 5.92 Å². The fourth-order valence-electron chi connectivity index (χ4n) is 3.19. The van der Waals surface area contributed by atoms with Crippen LogP contribution in [0.4, 0.5) is 5.69 Å². The largest absolute Gasteiger partial charge is 0.494 e. The van der Waals surface area contributed by atoms with Gasteiger partial charge in [-0.2, -0.15) is 0 Å². The van der Waals surface area contributed by atoms with Crippen LogP contribution < -0.4 is 10.8 Å². The smallest absolute Gasteiger partial charge is 0.399 e. The Bertz CT molecular complexity index is 625. The fraction of sp³-hybridized carbons (Fsp3) is 0.611. The lowest BCUT2D eigenvalue weighted by Crippen LogP contribution is -2.41. The number of carbonyl (C=O) groups is 1. The lowest BCUT2D eigenvalue weighted by Gasteiger charge is -2.32. The van der Waals surface area contributed by atoms with Crippen LogP contribution >= 0.6 is 11.6 Å². The molecule has 0 radical (unpaired) electrons. The average molecular weight is 350 g/mol. The van der Waals surface area contributed by atoms with Gasteiger partial charge in [0.05, 0.1) is 21.9 Å². The molecular weight excluding hydrogens is 324 g/mol. The summed E-state index contributed by atoms with van der Waals surface area (Å²) in [4.78, 5) is 12.4. The molecule has 0 bridgehead atoms. The summed E-state index contributed by atoms with van der Waals surface area (Å²) in [5, 5.41) is 3.50. The normalized spacial score (nSPS) is 22.8. The van der Waals surface area contributed by atoms with E-state index in [0.29, 0.717) is 10.7 Å². The molecule has 0 aromatic heterocycles. The number of halogens is 1. The number of hydrogen-bond acceptors (Lipinski definition) is 3. The Kier molecular flexibility index (Phi) is 4.71. The number of anilines is 1. The van der Waals surface area contributed by atoms with Gasteiger partial charge in [0.15, 0.2) is 0 Å². The van der Waals surface area contributed by atoms with Crippen LogP contribution in [0.25, 0.3) is 0 Å². The van der Waals surface area contributed by atoms with E-state index in [1.807, 2.05) is 39.8 Å². The summed E-state index contributed by atoms with van der Waals surface area (Å²) >= 11 is 6.27. The van der Waals surface area contributed by atoms with E-state index in [4.69, 9.17) is 20.9 Å². The van der Waals surface area contributed by atoms with E-state index < -0.39 is 18.3 Å². The average Bonchev–Trinajstić information content (AvgIpc) is 3.08. The van der Waals surface area contributed by atoms with Crippen LogP contribution in [0, 0.1) is 5.92 Å². The SMILES string of the molecule is CC1(C)OB(c2ccc(Cl)c(NC(=O)C3CCCC3)c2)OC1(C)C. The molecule has 1 aromatic rings. The van der Waals surface area contributed by atoms with Crippen LogP contribution in [-0.4, -0.2) is 24.2 Å². The Morgan fingerprint density at radius 2 is 1.75 bits per heavy atom. The van der Waals surface area contributed by atoms with Gasteiger partial charge >= 0.3 is 7.12 Å². The van der Waals surface area contributed by atoms with Gasteiger partial charge in [0.2, 0.25) is 5.91 Å². The maximum absolute atomic E-state index is 12.4. The third-order valence-electron chi connectivity index (χ3n) is 5.50. The second-order valence-corrected chi connectivity index (χ2v) is 8.21. The number of amides is 1. The van der Waals surface area contributed by atoms with Gasteiger partial charge in [-0.05, 0) is 58.1 Å². The van der Waals surface area contributed by atoms with Crippen LogP contribution in [0.15, 0.2) is 18.2 Å². The molecule has 2 aliphatic rings. The number of carbonyl (C=O) groups excluding carboxylic acids is 1. The number of nitrogens with one attached hydrogen (secondary N) is 1. The number of hydrogen-bond donors (Lipinski definition) is 1. The molecule has 1 aromatic carbocycles. The molecule has 1 amide bonds. The summed E-state index contributed by atoms with van der Waals surface area (Å²) in [6, 6.07) is 5.53. The quantitative estimate of drug-likeness (QED) is 0.845. The molecule has 2 fully saturated rings. The first-order valence-corrected chi connectivity index (χ1v) is 9.03. The molecule has 0 spiro atoms. The number of rotatable bonds is 3. The van der Waals surface area contributed by atoms with Crippen molar-refractivity contribution in [2.24, 2.45) is 5.92 Å². The summed E-state index contributed by atoms with van der Waals surface area (Å²) in [6.07, 6.45) is 4.17. The molecule has 1 N–H and O–H groups in total. The van der Waals surface area contributed by atoms with Crippen molar-refractivity contribution in [3.05, 3.63) is 23.2 Å². The molecule has 0 atom stereocenters. The molecule has 0 unspecified atom stereocenters. The van der Waals surface area contributed by atoms with Crippen molar-refractivity contribution in [3.8, 4) is 0 Å². The van der Waals surface area contributed by atoms with Gasteiger partial charge in [-0.3, -0.25) is 4.79 Å². The highest BCUT2D eigenvalue weighted by atomic mass is 35.5. The van der Waals surface area contributed by atoms with Gasteiger partial charge in [-0.15, -0.1) is 0 Å². The molecule has 1 saturated heterocycles. The molecule has 24 heavy (non-hydrogen) atoms. The summed E-state index contributed by atoms with van der Waals surface area (Å²) in [5.41, 5.74) is 0.690. The maximum Gasteiger partial charge on any atom is 0.494 e. The highest BCUT2D eigenvalue weighted by molar-refractivity contribution is 6.62. The summed E-state index contributed by atoms with van der Waals surface area (Å²) in [5.74, 6) is 0.155. The maximum atomic E-state index is 12.4. The third-order valence-corrected chi connectivity index (χ3v) is 5.83. The van der Waals surface area contributed by atoms with E-state index in [0.717, 1.165) is 31.1 Å². The molecule has 1 aliphatic heterocycles. The Hall–Kier alpha value is -1.04. The topological polar surface area (TPSA) is 47.6 Å². The predicted molar refractivity (Wildman–Crippen MR) is 97.8 cm³/mol. The first kappa shape index (κ1) is 17.8. The molecule has 1 aliphatic carbocycles. The van der Waals surface area contributed by atoms with Gasteiger partial charge in [-0.25, -0.2) is 0 Å². The van der Waals surface area contributed by atoms with Crippen molar-refractivity contribution >= 4 is 35.8 Å². The molecule has 6 heteroatoms. The highest BCUT2D eigenvalue weighted by Gasteiger charge is 2.51. The van der Waals surface area contributed by atoms with Gasteiger partial charge in [0.1, 0.15) is 0 Å². The summed E-state index contributed by atoms with van der Waals surface area (Å²) in [7, 11) is -0.464. The van der Waals surface area contributed by atoms with Gasteiger partial charge < -0.3 is 14.6 Å². The predicted octanol–water partition coefficient (Wildman–Crippen LogP) is 3.77. The Labute approximate surface area is 149 Å². The Morgan fingerprint density at radius 3 is 2.33 bits per heavy atom. The Morgan fingerprint density at radius 1 is 1.17 bits per heavy atom. The zero-order valence-corrected chi connectivity index (χ0v) is 15.6. The zero-order valence-electron chi connectivity index (χ0n) is 14.8. The molecule has 130 valence electrons. The van der Waals surface area contributed by atoms with Crippen LogP contribution in [0.2, 0.25) is 5.02 Å². The second kappa shape index (κ2) is 6.36. The molecule has 3 rings (SSSR count). The van der Waals surface area contributed by atoms with Crippen LogP contribution in [0.1, 0.15) is 53.4 Å².